The van der Waals surface area contributed by atoms with Gasteiger partial charge in [-0.3, -0.25) is 14.5 Å². The number of carbonyl (C=O) groups is 2. The van der Waals surface area contributed by atoms with Crippen LogP contribution in [-0.2, 0) is 9.59 Å². The predicted octanol–water partition coefficient (Wildman–Crippen LogP) is 2.13. The maximum atomic E-state index is 12.8. The molecule has 1 saturated heterocycles. The van der Waals surface area contributed by atoms with E-state index in [2.05, 4.69) is 26.3 Å². The molecular weight excluding hydrogens is 432 g/mol. The van der Waals surface area contributed by atoms with Gasteiger partial charge in [-0.15, -0.1) is 0 Å². The second kappa shape index (κ2) is 9.08. The van der Waals surface area contributed by atoms with Gasteiger partial charge in [-0.1, -0.05) is 0 Å². The van der Waals surface area contributed by atoms with Gasteiger partial charge in [0.15, 0.2) is 0 Å². The third-order valence-electron chi connectivity index (χ3n) is 6.42. The summed E-state index contributed by atoms with van der Waals surface area (Å²) >= 11 is 0. The lowest BCUT2D eigenvalue weighted by Gasteiger charge is -2.34. The first kappa shape index (κ1) is 21.8. The molecule has 1 aromatic heterocycles. The third kappa shape index (κ3) is 4.16. The number of nitriles is 1. The molecule has 1 atom stereocenters. The molecule has 2 amide bonds. The number of aromatic nitrogens is 2. The topological polar surface area (TPSA) is 111 Å². The van der Waals surface area contributed by atoms with E-state index in [0.717, 1.165) is 43.7 Å². The highest BCUT2D eigenvalue weighted by atomic mass is 16.5. The Hall–Kier alpha value is -4.03. The van der Waals surface area contributed by atoms with Crippen LogP contribution in [0.25, 0.3) is 10.9 Å². The molecule has 9 nitrogen and oxygen atoms in total. The minimum atomic E-state index is -0.603. The normalized spacial score (nSPS) is 17.8. The van der Waals surface area contributed by atoms with Crippen LogP contribution in [0, 0.1) is 11.3 Å². The molecule has 5 rings (SSSR count). The number of hydrogen-bond acceptors (Lipinski definition) is 7. The van der Waals surface area contributed by atoms with Gasteiger partial charge in [-0.2, -0.15) is 5.26 Å². The van der Waals surface area contributed by atoms with Crippen molar-refractivity contribution in [1.29, 1.82) is 5.26 Å². The molecule has 34 heavy (non-hydrogen) atoms. The number of ether oxygens (including phenoxy) is 1. The average molecular weight is 457 g/mol. The van der Waals surface area contributed by atoms with E-state index >= 15 is 0 Å². The zero-order chi connectivity index (χ0) is 23.7. The minimum absolute atomic E-state index is 0.123. The van der Waals surface area contributed by atoms with E-state index in [1.807, 2.05) is 23.1 Å². The van der Waals surface area contributed by atoms with Crippen molar-refractivity contribution in [3.8, 4) is 11.8 Å². The van der Waals surface area contributed by atoms with Crippen molar-refractivity contribution in [3.05, 3.63) is 59.5 Å². The van der Waals surface area contributed by atoms with Crippen molar-refractivity contribution in [2.75, 3.05) is 44.6 Å². The molecule has 2 aromatic carbocycles. The molecule has 0 bridgehead atoms. The first-order valence-electron chi connectivity index (χ1n) is 11.2. The number of nitrogens with zero attached hydrogens (tertiary/aromatic N) is 5. The third-order valence-corrected chi connectivity index (χ3v) is 6.42. The summed E-state index contributed by atoms with van der Waals surface area (Å²) in [5, 5.41) is 12.9. The average Bonchev–Trinajstić information content (AvgIpc) is 3.18. The molecular formula is C25H24N6O3. The number of anilines is 1. The fraction of sp³-hybridized carbons (Fsp3) is 0.320. The Labute approximate surface area is 197 Å². The molecule has 1 N–H and O–H groups in total. The van der Waals surface area contributed by atoms with E-state index in [1.165, 1.54) is 6.33 Å². The number of amides is 2. The second-order valence-electron chi connectivity index (χ2n) is 8.47. The van der Waals surface area contributed by atoms with Gasteiger partial charge in [0, 0.05) is 56.8 Å². The second-order valence-corrected chi connectivity index (χ2v) is 8.47. The van der Waals surface area contributed by atoms with E-state index in [0.29, 0.717) is 34.8 Å². The zero-order valence-electron chi connectivity index (χ0n) is 18.8. The molecule has 172 valence electrons. The quantitative estimate of drug-likeness (QED) is 0.626. The molecule has 1 fully saturated rings. The van der Waals surface area contributed by atoms with Gasteiger partial charge in [0.05, 0.1) is 22.8 Å². The summed E-state index contributed by atoms with van der Waals surface area (Å²) in [6, 6.07) is 12.9. The van der Waals surface area contributed by atoms with Gasteiger partial charge in [0.25, 0.3) is 0 Å². The maximum Gasteiger partial charge on any atom is 0.238 e. The van der Waals surface area contributed by atoms with E-state index in [-0.39, 0.29) is 11.8 Å². The van der Waals surface area contributed by atoms with E-state index in [9.17, 15) is 14.9 Å². The van der Waals surface area contributed by atoms with Gasteiger partial charge in [0.2, 0.25) is 11.8 Å². The van der Waals surface area contributed by atoms with Crippen LogP contribution in [0.15, 0.2) is 42.7 Å². The molecule has 1 unspecified atom stereocenters. The smallest absolute Gasteiger partial charge is 0.238 e. The van der Waals surface area contributed by atoms with Crippen LogP contribution >= 0.6 is 0 Å². The zero-order valence-corrected chi connectivity index (χ0v) is 18.8. The van der Waals surface area contributed by atoms with Crippen LogP contribution in [0.5, 0.6) is 5.75 Å². The lowest BCUT2D eigenvalue weighted by atomic mass is 9.93. The van der Waals surface area contributed by atoms with E-state index < -0.39 is 5.92 Å². The summed E-state index contributed by atoms with van der Waals surface area (Å²) < 4.78 is 5.97. The molecule has 2 aliphatic rings. The Morgan fingerprint density at radius 2 is 2.00 bits per heavy atom. The highest BCUT2D eigenvalue weighted by Gasteiger charge is 2.34. The fourth-order valence-electron chi connectivity index (χ4n) is 4.56. The lowest BCUT2D eigenvalue weighted by Crippen LogP contribution is -2.48. The molecule has 0 aliphatic carbocycles. The van der Waals surface area contributed by atoms with Crippen molar-refractivity contribution in [2.24, 2.45) is 0 Å². The first-order valence-corrected chi connectivity index (χ1v) is 11.2. The number of nitrogens with one attached hydrogen (secondary N) is 1. The summed E-state index contributed by atoms with van der Waals surface area (Å²) in [5.74, 6) is 0.0459. The molecule has 3 aromatic rings. The van der Waals surface area contributed by atoms with Crippen LogP contribution in [0.1, 0.15) is 29.7 Å². The van der Waals surface area contributed by atoms with Crippen molar-refractivity contribution in [3.63, 3.8) is 0 Å². The molecule has 0 saturated carbocycles. The Morgan fingerprint density at radius 1 is 1.18 bits per heavy atom. The summed E-state index contributed by atoms with van der Waals surface area (Å²) in [5.41, 5.74) is 3.23. The van der Waals surface area contributed by atoms with E-state index in [1.54, 1.807) is 25.1 Å². The van der Waals surface area contributed by atoms with Crippen molar-refractivity contribution in [1.82, 2.24) is 19.8 Å². The van der Waals surface area contributed by atoms with Crippen LogP contribution < -0.4 is 10.1 Å². The van der Waals surface area contributed by atoms with Crippen LogP contribution in [-0.4, -0.2) is 70.9 Å². The van der Waals surface area contributed by atoms with Gasteiger partial charge < -0.3 is 15.0 Å². The number of hydrogen-bond donors (Lipinski definition) is 1. The SMILES string of the molecule is CC(=O)N1CCN(CCOc2ccc3c(C4C(=O)Nc5ccc(C#N)cc54)ncnc3c2)CC1. The van der Waals surface area contributed by atoms with Gasteiger partial charge in [-0.25, -0.2) is 9.97 Å². The molecule has 0 spiro atoms. The fourth-order valence-corrected chi connectivity index (χ4v) is 4.56. The monoisotopic (exact) mass is 456 g/mol. The largest absolute Gasteiger partial charge is 0.492 e. The number of piperazine rings is 1. The standard InChI is InChI=1S/C25H24N6O3/c1-16(32)31-8-6-30(7-9-31)10-11-34-18-3-4-19-22(13-18)27-15-28-24(19)23-20-12-17(14-26)2-5-21(20)29-25(23)33/h2-5,12-13,15,23H,6-11H2,1H3,(H,29,33). The van der Waals surface area contributed by atoms with Crippen LogP contribution in [0.3, 0.4) is 0 Å². The Balaban J connectivity index is 1.31. The summed E-state index contributed by atoms with van der Waals surface area (Å²) in [4.78, 5) is 37.2. The minimum Gasteiger partial charge on any atom is -0.492 e. The maximum absolute atomic E-state index is 12.8. The lowest BCUT2D eigenvalue weighted by molar-refractivity contribution is -0.130. The number of fused-ring (bicyclic) bond motifs is 2. The Morgan fingerprint density at radius 3 is 2.76 bits per heavy atom. The summed E-state index contributed by atoms with van der Waals surface area (Å²) in [7, 11) is 0. The molecule has 3 heterocycles. The summed E-state index contributed by atoms with van der Waals surface area (Å²) in [6.07, 6.45) is 1.45. The Kier molecular flexibility index (Phi) is 5.82. The highest BCUT2D eigenvalue weighted by molar-refractivity contribution is 6.06. The molecule has 0 radical (unpaired) electrons. The summed E-state index contributed by atoms with van der Waals surface area (Å²) in [6.45, 7) is 6.09. The van der Waals surface area contributed by atoms with Gasteiger partial charge >= 0.3 is 0 Å². The Bertz CT molecular complexity index is 1310. The van der Waals surface area contributed by atoms with Crippen LogP contribution in [0.2, 0.25) is 0 Å². The van der Waals surface area contributed by atoms with Gasteiger partial charge in [-0.05, 0) is 35.9 Å². The molecule has 9 heteroatoms. The van der Waals surface area contributed by atoms with Gasteiger partial charge in [0.1, 0.15) is 24.6 Å². The van der Waals surface area contributed by atoms with Crippen molar-refractivity contribution >= 4 is 28.4 Å². The highest BCUT2D eigenvalue weighted by Crippen LogP contribution is 2.39. The van der Waals surface area contributed by atoms with Crippen molar-refractivity contribution in [2.45, 2.75) is 12.8 Å². The molecule has 2 aliphatic heterocycles. The van der Waals surface area contributed by atoms with Crippen molar-refractivity contribution < 1.29 is 14.3 Å². The number of rotatable bonds is 5. The van der Waals surface area contributed by atoms with E-state index in [4.69, 9.17) is 4.74 Å². The van der Waals surface area contributed by atoms with Crippen LogP contribution in [0.4, 0.5) is 5.69 Å². The number of benzene rings is 2. The predicted molar refractivity (Wildman–Crippen MR) is 125 cm³/mol. The first-order chi connectivity index (χ1) is 16.5. The number of carbonyl (C=O) groups excluding carboxylic acids is 2.